The molecule has 0 saturated heterocycles. The monoisotopic (exact) mass is 265 g/mol. The number of amides is 1. The Morgan fingerprint density at radius 2 is 2.00 bits per heavy atom. The standard InChI is InChI=1S/C14H19NO4/c1-4-19-6-5-13(16)15-11-7-9(2)10(3)12(8-11)14(17)18/h7-8H,4-6H2,1-3H3,(H,15,16)(H,17,18). The smallest absolute Gasteiger partial charge is 0.336 e. The first-order valence-electron chi connectivity index (χ1n) is 6.17. The normalized spacial score (nSPS) is 10.3. The molecule has 0 spiro atoms. The van der Waals surface area contributed by atoms with E-state index in [0.717, 1.165) is 5.56 Å². The second kappa shape index (κ2) is 6.89. The first-order valence-corrected chi connectivity index (χ1v) is 6.17. The van der Waals surface area contributed by atoms with E-state index in [9.17, 15) is 9.59 Å². The van der Waals surface area contributed by atoms with E-state index in [-0.39, 0.29) is 17.9 Å². The van der Waals surface area contributed by atoms with Gasteiger partial charge in [0.05, 0.1) is 18.6 Å². The Labute approximate surface area is 112 Å². The van der Waals surface area contributed by atoms with Crippen LogP contribution < -0.4 is 5.32 Å². The Kier molecular flexibility index (Phi) is 5.51. The third-order valence-corrected chi connectivity index (χ3v) is 2.86. The van der Waals surface area contributed by atoms with Crippen LogP contribution in [-0.2, 0) is 9.53 Å². The van der Waals surface area contributed by atoms with Gasteiger partial charge in [-0.3, -0.25) is 4.79 Å². The highest BCUT2D eigenvalue weighted by atomic mass is 16.5. The van der Waals surface area contributed by atoms with Crippen LogP contribution in [0.5, 0.6) is 0 Å². The minimum absolute atomic E-state index is 0.187. The molecule has 5 heteroatoms. The minimum Gasteiger partial charge on any atom is -0.478 e. The predicted molar refractivity (Wildman–Crippen MR) is 72.6 cm³/mol. The van der Waals surface area contributed by atoms with Crippen LogP contribution in [0.1, 0.15) is 34.8 Å². The van der Waals surface area contributed by atoms with Crippen LogP contribution in [0.3, 0.4) is 0 Å². The molecule has 1 aromatic carbocycles. The summed E-state index contributed by atoms with van der Waals surface area (Å²) in [5, 5.41) is 11.8. The first kappa shape index (κ1) is 15.2. The van der Waals surface area contributed by atoms with Crippen LogP contribution >= 0.6 is 0 Å². The van der Waals surface area contributed by atoms with Gasteiger partial charge in [-0.2, -0.15) is 0 Å². The van der Waals surface area contributed by atoms with Crippen LogP contribution in [0.2, 0.25) is 0 Å². The predicted octanol–water partition coefficient (Wildman–Crippen LogP) is 2.37. The van der Waals surface area contributed by atoms with E-state index in [4.69, 9.17) is 9.84 Å². The van der Waals surface area contributed by atoms with Crippen LogP contribution in [0.25, 0.3) is 0 Å². The topological polar surface area (TPSA) is 75.6 Å². The van der Waals surface area contributed by atoms with Crippen molar-refractivity contribution in [3.8, 4) is 0 Å². The number of carboxylic acid groups (broad SMARTS) is 1. The number of hydrogen-bond donors (Lipinski definition) is 2. The highest BCUT2D eigenvalue weighted by molar-refractivity contribution is 5.95. The molecule has 1 rings (SSSR count). The number of aryl methyl sites for hydroxylation is 1. The summed E-state index contributed by atoms with van der Waals surface area (Å²) < 4.78 is 5.09. The molecule has 0 fully saturated rings. The Morgan fingerprint density at radius 3 is 2.58 bits per heavy atom. The van der Waals surface area contributed by atoms with Gasteiger partial charge in [-0.15, -0.1) is 0 Å². The lowest BCUT2D eigenvalue weighted by molar-refractivity contribution is -0.117. The summed E-state index contributed by atoms with van der Waals surface area (Å²) in [6.45, 7) is 6.36. The number of carbonyl (C=O) groups is 2. The van der Waals surface area contributed by atoms with Gasteiger partial charge in [-0.25, -0.2) is 4.79 Å². The maximum Gasteiger partial charge on any atom is 0.336 e. The molecule has 0 bridgehead atoms. The summed E-state index contributed by atoms with van der Waals surface area (Å²) in [6.07, 6.45) is 0.253. The first-order chi connectivity index (χ1) is 8.95. The van der Waals surface area contributed by atoms with Crippen LogP contribution in [0, 0.1) is 13.8 Å². The van der Waals surface area contributed by atoms with Crippen molar-refractivity contribution in [2.24, 2.45) is 0 Å². The maximum atomic E-state index is 11.6. The number of carboxylic acids is 1. The number of hydrogen-bond acceptors (Lipinski definition) is 3. The van der Waals surface area contributed by atoms with Gasteiger partial charge in [0, 0.05) is 12.3 Å². The van der Waals surface area contributed by atoms with E-state index in [1.807, 2.05) is 13.8 Å². The van der Waals surface area contributed by atoms with E-state index in [1.165, 1.54) is 6.07 Å². The zero-order valence-corrected chi connectivity index (χ0v) is 11.4. The number of nitrogens with one attached hydrogen (secondary N) is 1. The Bertz CT molecular complexity index is 483. The second-order valence-electron chi connectivity index (χ2n) is 4.27. The average Bonchev–Trinajstić information content (AvgIpc) is 2.33. The molecular weight excluding hydrogens is 246 g/mol. The lowest BCUT2D eigenvalue weighted by Crippen LogP contribution is -2.15. The summed E-state index contributed by atoms with van der Waals surface area (Å²) in [7, 11) is 0. The Balaban J connectivity index is 2.79. The lowest BCUT2D eigenvalue weighted by atomic mass is 10.0. The molecule has 5 nitrogen and oxygen atoms in total. The number of carbonyl (C=O) groups excluding carboxylic acids is 1. The SMILES string of the molecule is CCOCCC(=O)Nc1cc(C)c(C)c(C(=O)O)c1. The Hall–Kier alpha value is -1.88. The molecule has 0 heterocycles. The van der Waals surface area contributed by atoms with E-state index >= 15 is 0 Å². The van der Waals surface area contributed by atoms with Gasteiger partial charge in [-0.05, 0) is 44.0 Å². The number of rotatable bonds is 6. The molecule has 1 amide bonds. The van der Waals surface area contributed by atoms with Gasteiger partial charge < -0.3 is 15.2 Å². The van der Waals surface area contributed by atoms with Crippen molar-refractivity contribution in [3.63, 3.8) is 0 Å². The molecule has 0 saturated carbocycles. The fourth-order valence-electron chi connectivity index (χ4n) is 1.69. The molecule has 0 aromatic heterocycles. The quantitative estimate of drug-likeness (QED) is 0.774. The Morgan fingerprint density at radius 1 is 1.32 bits per heavy atom. The minimum atomic E-state index is -0.994. The van der Waals surface area contributed by atoms with Crippen molar-refractivity contribution < 1.29 is 19.4 Å². The van der Waals surface area contributed by atoms with Gasteiger partial charge in [0.15, 0.2) is 0 Å². The largest absolute Gasteiger partial charge is 0.478 e. The molecule has 0 aliphatic rings. The summed E-state index contributed by atoms with van der Waals surface area (Å²) in [4.78, 5) is 22.7. The van der Waals surface area contributed by atoms with Crippen molar-refractivity contribution in [1.29, 1.82) is 0 Å². The van der Waals surface area contributed by atoms with E-state index in [1.54, 1.807) is 13.0 Å². The molecule has 0 aliphatic heterocycles. The van der Waals surface area contributed by atoms with E-state index in [0.29, 0.717) is 24.5 Å². The van der Waals surface area contributed by atoms with Gasteiger partial charge in [0.2, 0.25) is 5.91 Å². The lowest BCUT2D eigenvalue weighted by Gasteiger charge is -2.10. The average molecular weight is 265 g/mol. The zero-order chi connectivity index (χ0) is 14.4. The second-order valence-corrected chi connectivity index (χ2v) is 4.27. The van der Waals surface area contributed by atoms with E-state index in [2.05, 4.69) is 5.32 Å². The molecular formula is C14H19NO4. The third kappa shape index (κ3) is 4.37. The summed E-state index contributed by atoms with van der Waals surface area (Å²) in [5.41, 5.74) is 2.25. The van der Waals surface area contributed by atoms with Gasteiger partial charge in [0.25, 0.3) is 0 Å². The summed E-state index contributed by atoms with van der Waals surface area (Å²) in [6, 6.07) is 3.24. The summed E-state index contributed by atoms with van der Waals surface area (Å²) in [5.74, 6) is -1.18. The fourth-order valence-corrected chi connectivity index (χ4v) is 1.69. The van der Waals surface area contributed by atoms with Gasteiger partial charge in [0.1, 0.15) is 0 Å². The highest BCUT2D eigenvalue weighted by Crippen LogP contribution is 2.20. The number of anilines is 1. The van der Waals surface area contributed by atoms with Crippen molar-refractivity contribution in [2.45, 2.75) is 27.2 Å². The molecule has 0 radical (unpaired) electrons. The molecule has 19 heavy (non-hydrogen) atoms. The summed E-state index contributed by atoms with van der Waals surface area (Å²) >= 11 is 0. The number of ether oxygens (including phenoxy) is 1. The fraction of sp³-hybridized carbons (Fsp3) is 0.429. The van der Waals surface area contributed by atoms with Crippen molar-refractivity contribution in [2.75, 3.05) is 18.5 Å². The molecule has 1 aromatic rings. The number of benzene rings is 1. The molecule has 0 unspecified atom stereocenters. The molecule has 0 atom stereocenters. The van der Waals surface area contributed by atoms with E-state index < -0.39 is 5.97 Å². The van der Waals surface area contributed by atoms with Gasteiger partial charge >= 0.3 is 5.97 Å². The highest BCUT2D eigenvalue weighted by Gasteiger charge is 2.12. The van der Waals surface area contributed by atoms with Crippen LogP contribution in [0.4, 0.5) is 5.69 Å². The number of aromatic carboxylic acids is 1. The molecule has 104 valence electrons. The van der Waals surface area contributed by atoms with Crippen molar-refractivity contribution in [3.05, 3.63) is 28.8 Å². The van der Waals surface area contributed by atoms with Crippen LogP contribution in [0.15, 0.2) is 12.1 Å². The third-order valence-electron chi connectivity index (χ3n) is 2.86. The van der Waals surface area contributed by atoms with Gasteiger partial charge in [-0.1, -0.05) is 0 Å². The molecule has 0 aliphatic carbocycles. The zero-order valence-electron chi connectivity index (χ0n) is 11.4. The maximum absolute atomic E-state index is 11.6. The molecule has 2 N–H and O–H groups in total. The van der Waals surface area contributed by atoms with Crippen LogP contribution in [-0.4, -0.2) is 30.2 Å². The van der Waals surface area contributed by atoms with Crippen molar-refractivity contribution in [1.82, 2.24) is 0 Å². The van der Waals surface area contributed by atoms with Crippen molar-refractivity contribution >= 4 is 17.6 Å².